The van der Waals surface area contributed by atoms with Gasteiger partial charge in [-0.15, -0.1) is 36.9 Å². The van der Waals surface area contributed by atoms with Crippen molar-refractivity contribution in [1.29, 1.82) is 0 Å². The molecule has 5 nitrogen and oxygen atoms in total. The second-order valence-electron chi connectivity index (χ2n) is 3.50. The summed E-state index contributed by atoms with van der Waals surface area (Å²) in [7, 11) is 0. The number of carbonyl (C=O) groups is 1. The Balaban J connectivity index is 2.30. The highest BCUT2D eigenvalue weighted by Gasteiger charge is 2.56. The number of nitrogens with zero attached hydrogens (tertiary/aromatic N) is 2. The lowest BCUT2D eigenvalue weighted by Gasteiger charge is -2.49. The van der Waals surface area contributed by atoms with Gasteiger partial charge in [0, 0.05) is 17.8 Å². The van der Waals surface area contributed by atoms with Crippen molar-refractivity contribution in [1.82, 2.24) is 0 Å². The zero-order valence-corrected chi connectivity index (χ0v) is 10.8. The van der Waals surface area contributed by atoms with Gasteiger partial charge >= 0.3 is 0 Å². The van der Waals surface area contributed by atoms with Gasteiger partial charge in [0.25, 0.3) is 11.6 Å². The highest BCUT2D eigenvalue weighted by atomic mass is 35.5. The van der Waals surface area contributed by atoms with Crippen LogP contribution in [0.3, 0.4) is 0 Å². The Morgan fingerprint density at radius 1 is 1.35 bits per heavy atom. The fourth-order valence-corrected chi connectivity index (χ4v) is 2.37. The first-order chi connectivity index (χ1) is 7.85. The highest BCUT2D eigenvalue weighted by Crippen LogP contribution is 2.45. The molecule has 1 atom stereocenters. The number of halogens is 1. The largest absolute Gasteiger partial charge is 0.285 e. The van der Waals surface area contributed by atoms with Gasteiger partial charge in [0.05, 0.1) is 4.92 Å². The van der Waals surface area contributed by atoms with Crippen molar-refractivity contribution >= 4 is 54.1 Å². The molecule has 0 bridgehead atoms. The summed E-state index contributed by atoms with van der Waals surface area (Å²) in [6, 6.07) is 5.53. The van der Waals surface area contributed by atoms with Crippen molar-refractivity contribution in [2.75, 3.05) is 4.90 Å². The summed E-state index contributed by atoms with van der Waals surface area (Å²) in [5, 5.41) is 9.67. The SMILES string of the molecule is O=C1C(Cl)C(S)(S)N1c1ccc([N+](=O)[O-])cc1. The first-order valence-corrected chi connectivity index (χ1v) is 5.86. The van der Waals surface area contributed by atoms with Crippen LogP contribution in [0.4, 0.5) is 11.4 Å². The number of alkyl halides is 1. The number of β-lactam (4-membered cyclic amide) rings is 1. The minimum absolute atomic E-state index is 0.0481. The third-order valence-electron chi connectivity index (χ3n) is 2.43. The molecule has 0 aliphatic carbocycles. The standard InChI is InChI=1S/C9H7ClN2O3S2/c10-7-8(13)11(9(7,16)17)5-1-3-6(4-2-5)12(14)15/h1-4,7,16-17H. The van der Waals surface area contributed by atoms with E-state index in [4.69, 9.17) is 11.6 Å². The maximum absolute atomic E-state index is 11.6. The molecule has 1 aliphatic rings. The van der Waals surface area contributed by atoms with Crippen molar-refractivity contribution in [2.45, 2.75) is 9.58 Å². The van der Waals surface area contributed by atoms with E-state index in [1.165, 1.54) is 29.2 Å². The normalized spacial score (nSPS) is 22.2. The smallest absolute Gasteiger partial charge is 0.269 e. The van der Waals surface area contributed by atoms with Crippen LogP contribution in [0.15, 0.2) is 24.3 Å². The number of non-ortho nitro benzene ring substituents is 1. The molecule has 8 heteroatoms. The molecule has 1 aromatic carbocycles. The molecule has 1 aliphatic heterocycles. The van der Waals surface area contributed by atoms with E-state index in [2.05, 4.69) is 25.3 Å². The lowest BCUT2D eigenvalue weighted by Crippen LogP contribution is -2.67. The Labute approximate surface area is 113 Å². The molecule has 0 spiro atoms. The van der Waals surface area contributed by atoms with Crippen LogP contribution in [0.5, 0.6) is 0 Å². The van der Waals surface area contributed by atoms with Gasteiger partial charge in [-0.2, -0.15) is 0 Å². The van der Waals surface area contributed by atoms with E-state index in [1.54, 1.807) is 0 Å². The second-order valence-corrected chi connectivity index (χ2v) is 5.65. The van der Waals surface area contributed by atoms with Crippen molar-refractivity contribution < 1.29 is 9.72 Å². The molecule has 1 unspecified atom stereocenters. The quantitative estimate of drug-likeness (QED) is 0.219. The molecule has 1 fully saturated rings. The lowest BCUT2D eigenvalue weighted by atomic mass is 10.1. The van der Waals surface area contributed by atoms with Crippen LogP contribution in [0.2, 0.25) is 0 Å². The molecule has 1 aromatic rings. The van der Waals surface area contributed by atoms with Crippen molar-refractivity contribution in [2.24, 2.45) is 0 Å². The van der Waals surface area contributed by atoms with E-state index in [-0.39, 0.29) is 11.6 Å². The van der Waals surface area contributed by atoms with Crippen LogP contribution in [0.25, 0.3) is 0 Å². The number of amides is 1. The van der Waals surface area contributed by atoms with E-state index in [1.807, 2.05) is 0 Å². The van der Waals surface area contributed by atoms with E-state index in [0.717, 1.165) is 0 Å². The molecule has 17 heavy (non-hydrogen) atoms. The first kappa shape index (κ1) is 12.5. The Bertz CT molecular complexity index is 492. The second kappa shape index (κ2) is 4.08. The molecule has 0 aromatic heterocycles. The van der Waals surface area contributed by atoms with Gasteiger partial charge in [-0.05, 0) is 12.1 Å². The molecular formula is C9H7ClN2O3S2. The van der Waals surface area contributed by atoms with E-state index in [9.17, 15) is 14.9 Å². The average molecular weight is 291 g/mol. The number of thiol groups is 2. The predicted molar refractivity (Wildman–Crippen MR) is 70.9 cm³/mol. The van der Waals surface area contributed by atoms with Crippen LogP contribution < -0.4 is 4.90 Å². The minimum atomic E-state index is -1.07. The van der Waals surface area contributed by atoms with Crippen LogP contribution >= 0.6 is 36.9 Å². The zero-order valence-electron chi connectivity index (χ0n) is 8.28. The summed E-state index contributed by atoms with van der Waals surface area (Å²) < 4.78 is -1.07. The van der Waals surface area contributed by atoms with Crippen LogP contribution in [-0.2, 0) is 4.79 Å². The molecule has 1 amide bonds. The number of rotatable bonds is 2. The van der Waals surface area contributed by atoms with Gasteiger partial charge < -0.3 is 0 Å². The molecule has 1 saturated heterocycles. The molecule has 0 radical (unpaired) electrons. The Morgan fingerprint density at radius 2 is 1.88 bits per heavy atom. The van der Waals surface area contributed by atoms with Gasteiger partial charge in [-0.25, -0.2) is 0 Å². The Hall–Kier alpha value is -0.920. The summed E-state index contributed by atoms with van der Waals surface area (Å²) in [5.41, 5.74) is 0.426. The summed E-state index contributed by atoms with van der Waals surface area (Å²) in [6.45, 7) is 0. The van der Waals surface area contributed by atoms with Gasteiger partial charge in [0.1, 0.15) is 0 Å². The van der Waals surface area contributed by atoms with Crippen molar-refractivity contribution in [3.63, 3.8) is 0 Å². The number of hydrogen-bond acceptors (Lipinski definition) is 5. The number of hydrogen-bond donors (Lipinski definition) is 2. The molecular weight excluding hydrogens is 284 g/mol. The average Bonchev–Trinajstić information content (AvgIpc) is 2.29. The zero-order chi connectivity index (χ0) is 12.8. The number of nitro groups is 1. The van der Waals surface area contributed by atoms with Gasteiger partial charge in [0.2, 0.25) is 0 Å². The minimum Gasteiger partial charge on any atom is -0.285 e. The third kappa shape index (κ3) is 1.88. The summed E-state index contributed by atoms with van der Waals surface area (Å²) in [6.07, 6.45) is 0. The molecule has 1 heterocycles. The maximum Gasteiger partial charge on any atom is 0.269 e. The summed E-state index contributed by atoms with van der Waals surface area (Å²) >= 11 is 14.1. The highest BCUT2D eigenvalue weighted by molar-refractivity contribution is 8.01. The molecule has 0 saturated carbocycles. The summed E-state index contributed by atoms with van der Waals surface area (Å²) in [4.78, 5) is 22.8. The van der Waals surface area contributed by atoms with Crippen molar-refractivity contribution in [3.05, 3.63) is 34.4 Å². The van der Waals surface area contributed by atoms with E-state index >= 15 is 0 Å². The van der Waals surface area contributed by atoms with E-state index < -0.39 is 14.5 Å². The van der Waals surface area contributed by atoms with Gasteiger partial charge in [-0.1, -0.05) is 0 Å². The Morgan fingerprint density at radius 3 is 2.29 bits per heavy atom. The number of nitro benzene ring substituents is 1. The summed E-state index contributed by atoms with van der Waals surface area (Å²) in [5.74, 6) is -0.328. The number of anilines is 1. The molecule has 90 valence electrons. The lowest BCUT2D eigenvalue weighted by molar-refractivity contribution is -0.384. The Kier molecular flexibility index (Phi) is 3.01. The van der Waals surface area contributed by atoms with Crippen molar-refractivity contribution in [3.8, 4) is 0 Å². The first-order valence-electron chi connectivity index (χ1n) is 4.53. The number of benzene rings is 1. The van der Waals surface area contributed by atoms with Crippen LogP contribution in [0.1, 0.15) is 0 Å². The topological polar surface area (TPSA) is 63.5 Å². The third-order valence-corrected chi connectivity index (χ3v) is 4.15. The monoisotopic (exact) mass is 290 g/mol. The van der Waals surface area contributed by atoms with Gasteiger partial charge in [-0.3, -0.25) is 19.8 Å². The molecule has 2 rings (SSSR count). The van der Waals surface area contributed by atoms with Crippen LogP contribution in [0, 0.1) is 10.1 Å². The molecule has 0 N–H and O–H groups in total. The fourth-order valence-electron chi connectivity index (χ4n) is 1.53. The number of carbonyl (C=O) groups excluding carboxylic acids is 1. The fraction of sp³-hybridized carbons (Fsp3) is 0.222. The predicted octanol–water partition coefficient (Wildman–Crippen LogP) is 2.06. The maximum atomic E-state index is 11.6. The van der Waals surface area contributed by atoms with Gasteiger partial charge in [0.15, 0.2) is 9.58 Å². The van der Waals surface area contributed by atoms with E-state index in [0.29, 0.717) is 5.69 Å². The van der Waals surface area contributed by atoms with Crippen LogP contribution in [-0.4, -0.2) is 20.4 Å².